The van der Waals surface area contributed by atoms with Crippen molar-refractivity contribution in [3.8, 4) is 0 Å². The van der Waals surface area contributed by atoms with Crippen LogP contribution in [0, 0.1) is 6.92 Å². The molecule has 1 amide bonds. The van der Waals surface area contributed by atoms with E-state index in [1.807, 2.05) is 6.92 Å². The smallest absolute Gasteiger partial charge is 0.340 e. The van der Waals surface area contributed by atoms with E-state index in [4.69, 9.17) is 4.42 Å². The van der Waals surface area contributed by atoms with Crippen molar-refractivity contribution in [2.24, 2.45) is 0 Å². The zero-order valence-corrected chi connectivity index (χ0v) is 12.6. The first kappa shape index (κ1) is 13.8. The Bertz CT molecular complexity index is 631. The van der Waals surface area contributed by atoms with E-state index in [1.54, 1.807) is 12.1 Å². The number of hydrogen-bond donors (Lipinski definition) is 1. The Balaban J connectivity index is 2.24. The van der Waals surface area contributed by atoms with Gasteiger partial charge in [0.2, 0.25) is 0 Å². The second-order valence-corrected chi connectivity index (χ2v) is 5.69. The Morgan fingerprint density at radius 2 is 2.16 bits per heavy atom. The van der Waals surface area contributed by atoms with E-state index in [0.717, 1.165) is 4.88 Å². The number of nitrogens with one attached hydrogen (secondary N) is 1. The van der Waals surface area contributed by atoms with Crippen LogP contribution in [0.3, 0.4) is 0 Å². The number of anilines is 1. The quantitative estimate of drug-likeness (QED) is 0.866. The SMILES string of the molecule is COC(=O)c1cc(C)sc1NC(=O)c1ccc(Br)o1. The Morgan fingerprint density at radius 3 is 2.74 bits per heavy atom. The molecule has 0 aliphatic rings. The maximum Gasteiger partial charge on any atom is 0.340 e. The summed E-state index contributed by atoms with van der Waals surface area (Å²) in [6.07, 6.45) is 0. The number of amides is 1. The van der Waals surface area contributed by atoms with Gasteiger partial charge < -0.3 is 14.5 Å². The van der Waals surface area contributed by atoms with Gasteiger partial charge in [-0.05, 0) is 41.1 Å². The molecule has 0 aliphatic heterocycles. The van der Waals surface area contributed by atoms with Crippen LogP contribution < -0.4 is 5.32 Å². The average Bonchev–Trinajstić information content (AvgIpc) is 2.95. The highest BCUT2D eigenvalue weighted by molar-refractivity contribution is 9.10. The van der Waals surface area contributed by atoms with Crippen LogP contribution in [0.2, 0.25) is 0 Å². The number of aryl methyl sites for hydroxylation is 1. The number of ether oxygens (including phenoxy) is 1. The summed E-state index contributed by atoms with van der Waals surface area (Å²) < 4.78 is 10.3. The molecule has 0 bridgehead atoms. The lowest BCUT2D eigenvalue weighted by Gasteiger charge is -2.03. The molecule has 0 unspecified atom stereocenters. The third-order valence-corrected chi connectivity index (χ3v) is 3.68. The molecule has 0 fully saturated rings. The molecule has 0 spiro atoms. The van der Waals surface area contributed by atoms with Crippen molar-refractivity contribution in [2.45, 2.75) is 6.92 Å². The summed E-state index contributed by atoms with van der Waals surface area (Å²) in [5, 5.41) is 3.09. The third-order valence-electron chi connectivity index (χ3n) is 2.28. The van der Waals surface area contributed by atoms with Crippen LogP contribution >= 0.6 is 27.3 Å². The fourth-order valence-electron chi connectivity index (χ4n) is 1.47. The molecule has 2 aromatic heterocycles. The van der Waals surface area contributed by atoms with Crippen LogP contribution in [-0.2, 0) is 4.74 Å². The van der Waals surface area contributed by atoms with Crippen molar-refractivity contribution in [1.29, 1.82) is 0 Å². The van der Waals surface area contributed by atoms with Crippen molar-refractivity contribution < 1.29 is 18.7 Å². The van der Waals surface area contributed by atoms with Gasteiger partial charge in [0.15, 0.2) is 10.4 Å². The Kier molecular flexibility index (Phi) is 4.06. The first-order valence-corrected chi connectivity index (χ1v) is 6.87. The largest absolute Gasteiger partial charge is 0.465 e. The van der Waals surface area contributed by atoms with Gasteiger partial charge in [-0.3, -0.25) is 4.79 Å². The highest BCUT2D eigenvalue weighted by atomic mass is 79.9. The number of carbonyl (C=O) groups excluding carboxylic acids is 2. The number of thiophene rings is 1. The predicted octanol–water partition coefficient (Wildman–Crippen LogP) is 3.45. The molecule has 19 heavy (non-hydrogen) atoms. The minimum atomic E-state index is -0.486. The van der Waals surface area contributed by atoms with E-state index in [0.29, 0.717) is 15.2 Å². The van der Waals surface area contributed by atoms with E-state index in [1.165, 1.54) is 24.5 Å². The van der Waals surface area contributed by atoms with E-state index in [-0.39, 0.29) is 5.76 Å². The molecule has 0 saturated heterocycles. The number of hydrogen-bond acceptors (Lipinski definition) is 5. The molecule has 5 nitrogen and oxygen atoms in total. The monoisotopic (exact) mass is 343 g/mol. The lowest BCUT2D eigenvalue weighted by molar-refractivity contribution is 0.0602. The molecule has 0 radical (unpaired) electrons. The molecule has 0 saturated carbocycles. The minimum absolute atomic E-state index is 0.161. The summed E-state index contributed by atoms with van der Waals surface area (Å²) in [6, 6.07) is 4.83. The molecule has 0 aliphatic carbocycles. The van der Waals surface area contributed by atoms with Gasteiger partial charge in [0.25, 0.3) is 5.91 Å². The summed E-state index contributed by atoms with van der Waals surface area (Å²) in [5.41, 5.74) is 0.337. The fraction of sp³-hybridized carbons (Fsp3) is 0.167. The summed E-state index contributed by atoms with van der Waals surface area (Å²) in [5.74, 6) is -0.744. The predicted molar refractivity (Wildman–Crippen MR) is 74.8 cm³/mol. The molecule has 1 N–H and O–H groups in total. The van der Waals surface area contributed by atoms with Crippen LogP contribution in [0.15, 0.2) is 27.3 Å². The van der Waals surface area contributed by atoms with Gasteiger partial charge in [-0.1, -0.05) is 0 Å². The normalized spacial score (nSPS) is 10.3. The van der Waals surface area contributed by atoms with Crippen LogP contribution in [0.5, 0.6) is 0 Å². The lowest BCUT2D eigenvalue weighted by atomic mass is 10.3. The Labute approximate surface area is 121 Å². The van der Waals surface area contributed by atoms with Gasteiger partial charge >= 0.3 is 5.97 Å². The van der Waals surface area contributed by atoms with E-state index in [9.17, 15) is 9.59 Å². The van der Waals surface area contributed by atoms with Crippen LogP contribution in [0.4, 0.5) is 5.00 Å². The van der Waals surface area contributed by atoms with Crippen molar-refractivity contribution in [1.82, 2.24) is 0 Å². The summed E-state index contributed by atoms with van der Waals surface area (Å²) >= 11 is 4.42. The highest BCUT2D eigenvalue weighted by Gasteiger charge is 2.19. The molecule has 2 rings (SSSR count). The van der Waals surface area contributed by atoms with Gasteiger partial charge in [0.1, 0.15) is 5.00 Å². The Hall–Kier alpha value is -1.60. The van der Waals surface area contributed by atoms with E-state index in [2.05, 4.69) is 26.0 Å². The standard InChI is InChI=1S/C12H10BrNO4S/c1-6-5-7(12(16)17-2)11(19-6)14-10(15)8-3-4-9(13)18-8/h3-5H,1-2H3,(H,14,15). The Morgan fingerprint density at radius 1 is 1.42 bits per heavy atom. The minimum Gasteiger partial charge on any atom is -0.465 e. The lowest BCUT2D eigenvalue weighted by Crippen LogP contribution is -2.12. The number of rotatable bonds is 3. The van der Waals surface area contributed by atoms with Gasteiger partial charge in [-0.2, -0.15) is 0 Å². The zero-order chi connectivity index (χ0) is 14.0. The number of esters is 1. The number of halogens is 1. The molecule has 2 aromatic rings. The van der Waals surface area contributed by atoms with Crippen LogP contribution in [0.25, 0.3) is 0 Å². The summed E-state index contributed by atoms with van der Waals surface area (Å²) in [4.78, 5) is 24.4. The van der Waals surface area contributed by atoms with Crippen molar-refractivity contribution in [3.05, 3.63) is 39.1 Å². The summed E-state index contributed by atoms with van der Waals surface area (Å²) in [6.45, 7) is 1.84. The van der Waals surface area contributed by atoms with Gasteiger partial charge in [0.05, 0.1) is 12.7 Å². The average molecular weight is 344 g/mol. The molecular weight excluding hydrogens is 334 g/mol. The molecular formula is C12H10BrNO4S. The molecule has 100 valence electrons. The van der Waals surface area contributed by atoms with Gasteiger partial charge in [-0.15, -0.1) is 11.3 Å². The van der Waals surface area contributed by atoms with Crippen molar-refractivity contribution in [3.63, 3.8) is 0 Å². The number of methoxy groups -OCH3 is 1. The second kappa shape index (κ2) is 5.58. The summed E-state index contributed by atoms with van der Waals surface area (Å²) in [7, 11) is 1.30. The molecule has 2 heterocycles. The molecule has 0 atom stereocenters. The topological polar surface area (TPSA) is 68.5 Å². The van der Waals surface area contributed by atoms with Crippen LogP contribution in [0.1, 0.15) is 25.8 Å². The van der Waals surface area contributed by atoms with E-state index < -0.39 is 11.9 Å². The van der Waals surface area contributed by atoms with Gasteiger partial charge in [-0.25, -0.2) is 4.79 Å². The molecule has 7 heteroatoms. The van der Waals surface area contributed by atoms with Crippen molar-refractivity contribution >= 4 is 44.1 Å². The van der Waals surface area contributed by atoms with Crippen LogP contribution in [-0.4, -0.2) is 19.0 Å². The van der Waals surface area contributed by atoms with Gasteiger partial charge in [0, 0.05) is 4.88 Å². The third kappa shape index (κ3) is 3.05. The molecule has 0 aromatic carbocycles. The number of carbonyl (C=O) groups is 2. The zero-order valence-electron chi connectivity index (χ0n) is 10.2. The maximum absolute atomic E-state index is 11.9. The fourth-order valence-corrected chi connectivity index (χ4v) is 2.67. The van der Waals surface area contributed by atoms with E-state index >= 15 is 0 Å². The maximum atomic E-state index is 11.9. The van der Waals surface area contributed by atoms with Crippen molar-refractivity contribution in [2.75, 3.05) is 12.4 Å². The highest BCUT2D eigenvalue weighted by Crippen LogP contribution is 2.29. The first-order valence-electron chi connectivity index (χ1n) is 5.26. The first-order chi connectivity index (χ1) is 9.01. The second-order valence-electron chi connectivity index (χ2n) is 3.65. The number of furan rings is 1.